The number of benzene rings is 1. The van der Waals surface area contributed by atoms with Crippen LogP contribution in [0, 0.1) is 5.92 Å². The minimum Gasteiger partial charge on any atom is -0.378 e. The molecule has 1 aromatic carbocycles. The molecule has 6 heteroatoms. The largest absolute Gasteiger partial charge is 0.378 e. The first-order valence-corrected chi connectivity index (χ1v) is 9.36. The molecule has 4 rings (SSSR count). The van der Waals surface area contributed by atoms with E-state index in [4.69, 9.17) is 4.74 Å². The number of nitrogens with zero attached hydrogens (tertiary/aromatic N) is 1. The molecular formula is C18H21N3O2S. The average molecular weight is 343 g/mol. The summed E-state index contributed by atoms with van der Waals surface area (Å²) in [4.78, 5) is 16.7. The van der Waals surface area contributed by atoms with Gasteiger partial charge in [0.1, 0.15) is 5.01 Å². The topological polar surface area (TPSA) is 63.2 Å². The second-order valence-corrected chi connectivity index (χ2v) is 7.31. The number of amides is 2. The summed E-state index contributed by atoms with van der Waals surface area (Å²) >= 11 is 1.59. The molecule has 0 radical (unpaired) electrons. The highest BCUT2D eigenvalue weighted by Crippen LogP contribution is 2.34. The summed E-state index contributed by atoms with van der Waals surface area (Å²) < 4.78 is 5.77. The van der Waals surface area contributed by atoms with Crippen molar-refractivity contribution in [1.82, 2.24) is 10.3 Å². The van der Waals surface area contributed by atoms with Gasteiger partial charge in [0.05, 0.1) is 6.10 Å². The normalized spacial score (nSPS) is 25.9. The van der Waals surface area contributed by atoms with Gasteiger partial charge in [-0.1, -0.05) is 12.1 Å². The van der Waals surface area contributed by atoms with Gasteiger partial charge in [-0.3, -0.25) is 0 Å². The van der Waals surface area contributed by atoms with Crippen LogP contribution in [0.4, 0.5) is 10.5 Å². The highest BCUT2D eigenvalue weighted by molar-refractivity contribution is 7.13. The van der Waals surface area contributed by atoms with Crippen LogP contribution in [-0.4, -0.2) is 29.8 Å². The van der Waals surface area contributed by atoms with Crippen molar-refractivity contribution in [2.75, 3.05) is 11.9 Å². The predicted octanol–water partition coefficient (Wildman–Crippen LogP) is 3.89. The van der Waals surface area contributed by atoms with E-state index >= 15 is 0 Å². The quantitative estimate of drug-likeness (QED) is 0.889. The van der Waals surface area contributed by atoms with E-state index in [1.807, 2.05) is 29.6 Å². The van der Waals surface area contributed by atoms with Crippen LogP contribution in [0.1, 0.15) is 25.7 Å². The Balaban J connectivity index is 1.40. The van der Waals surface area contributed by atoms with E-state index in [1.54, 1.807) is 17.5 Å². The van der Waals surface area contributed by atoms with Crippen LogP contribution in [-0.2, 0) is 4.74 Å². The number of carbonyl (C=O) groups is 1. The van der Waals surface area contributed by atoms with Crippen molar-refractivity contribution < 1.29 is 9.53 Å². The van der Waals surface area contributed by atoms with E-state index in [-0.39, 0.29) is 12.1 Å². The Bertz CT molecular complexity index is 704. The molecular weight excluding hydrogens is 322 g/mol. The molecule has 1 aliphatic carbocycles. The van der Waals surface area contributed by atoms with Crippen molar-refractivity contribution in [3.05, 3.63) is 35.8 Å². The third-order valence-electron chi connectivity index (χ3n) is 4.90. The summed E-state index contributed by atoms with van der Waals surface area (Å²) in [5, 5.41) is 9.01. The highest BCUT2D eigenvalue weighted by atomic mass is 32.1. The summed E-state index contributed by atoms with van der Waals surface area (Å²) in [6.07, 6.45) is 6.45. The maximum atomic E-state index is 12.4. The molecule has 24 heavy (non-hydrogen) atoms. The maximum absolute atomic E-state index is 12.4. The number of ether oxygens (including phenoxy) is 1. The van der Waals surface area contributed by atoms with Gasteiger partial charge in [-0.15, -0.1) is 11.3 Å². The first-order valence-electron chi connectivity index (χ1n) is 8.48. The van der Waals surface area contributed by atoms with Crippen LogP contribution < -0.4 is 10.6 Å². The molecule has 3 atom stereocenters. The Kier molecular flexibility index (Phi) is 4.49. The first-order chi connectivity index (χ1) is 11.8. The molecule has 2 aromatic rings. The molecule has 2 fully saturated rings. The van der Waals surface area contributed by atoms with Crippen LogP contribution in [0.15, 0.2) is 35.8 Å². The minimum atomic E-state index is -0.135. The zero-order chi connectivity index (χ0) is 16.4. The number of hydrogen-bond donors (Lipinski definition) is 2. The molecule has 1 saturated heterocycles. The molecule has 1 aliphatic heterocycles. The van der Waals surface area contributed by atoms with Crippen molar-refractivity contribution >= 4 is 23.1 Å². The monoisotopic (exact) mass is 343 g/mol. The number of hydrogen-bond acceptors (Lipinski definition) is 4. The second kappa shape index (κ2) is 6.91. The van der Waals surface area contributed by atoms with Gasteiger partial charge in [0.25, 0.3) is 0 Å². The molecule has 1 saturated carbocycles. The molecule has 126 valence electrons. The first kappa shape index (κ1) is 15.6. The van der Waals surface area contributed by atoms with Crippen LogP contribution in [0.5, 0.6) is 0 Å². The van der Waals surface area contributed by atoms with E-state index < -0.39 is 0 Å². The van der Waals surface area contributed by atoms with Gasteiger partial charge < -0.3 is 15.4 Å². The summed E-state index contributed by atoms with van der Waals surface area (Å²) in [5.74, 6) is 0.464. The van der Waals surface area contributed by atoms with Crippen molar-refractivity contribution in [2.45, 2.75) is 37.8 Å². The Labute approximate surface area is 145 Å². The molecule has 5 nitrogen and oxygen atoms in total. The molecule has 2 amide bonds. The fourth-order valence-electron chi connectivity index (χ4n) is 3.79. The third kappa shape index (κ3) is 3.30. The maximum Gasteiger partial charge on any atom is 0.319 e. The highest BCUT2D eigenvalue weighted by Gasteiger charge is 2.38. The van der Waals surface area contributed by atoms with E-state index in [1.165, 1.54) is 0 Å². The Morgan fingerprint density at radius 2 is 2.25 bits per heavy atom. The number of fused-ring (bicyclic) bond motifs is 1. The fourth-order valence-corrected chi connectivity index (χ4v) is 4.42. The molecule has 1 aromatic heterocycles. The summed E-state index contributed by atoms with van der Waals surface area (Å²) in [5.41, 5.74) is 1.81. The summed E-state index contributed by atoms with van der Waals surface area (Å²) in [6.45, 7) is 0.824. The average Bonchev–Trinajstić information content (AvgIpc) is 3.27. The van der Waals surface area contributed by atoms with Crippen molar-refractivity contribution in [2.24, 2.45) is 5.92 Å². The number of anilines is 1. The van der Waals surface area contributed by atoms with Gasteiger partial charge in [0.15, 0.2) is 0 Å². The SMILES string of the molecule is O=C(Nc1cccc(-c2nccs2)c1)NC1CCCC2OCCC12. The number of rotatable bonds is 3. The molecule has 2 heterocycles. The third-order valence-corrected chi connectivity index (χ3v) is 5.72. The Morgan fingerprint density at radius 1 is 1.29 bits per heavy atom. The lowest BCUT2D eigenvalue weighted by atomic mass is 9.82. The Hall–Kier alpha value is -1.92. The standard InChI is InChI=1S/C18H21N3O2S/c22-18(21-15-5-2-6-16-14(15)7-9-23-16)20-13-4-1-3-12(11-13)17-19-8-10-24-17/h1,3-4,8,10-11,14-16H,2,5-7,9H2,(H2,20,21,22). The molecule has 2 N–H and O–H groups in total. The van der Waals surface area contributed by atoms with Gasteiger partial charge >= 0.3 is 6.03 Å². The molecule has 3 unspecified atom stereocenters. The van der Waals surface area contributed by atoms with Crippen molar-refractivity contribution in [3.8, 4) is 10.6 Å². The van der Waals surface area contributed by atoms with Crippen LogP contribution in [0.2, 0.25) is 0 Å². The minimum absolute atomic E-state index is 0.135. The van der Waals surface area contributed by atoms with E-state index in [2.05, 4.69) is 15.6 Å². The second-order valence-electron chi connectivity index (χ2n) is 6.42. The molecule has 2 aliphatic rings. The summed E-state index contributed by atoms with van der Waals surface area (Å²) in [6, 6.07) is 7.88. The van der Waals surface area contributed by atoms with Crippen LogP contribution in [0.3, 0.4) is 0 Å². The zero-order valence-corrected chi connectivity index (χ0v) is 14.2. The number of aromatic nitrogens is 1. The number of carbonyl (C=O) groups excluding carboxylic acids is 1. The van der Waals surface area contributed by atoms with E-state index in [9.17, 15) is 4.79 Å². The lowest BCUT2D eigenvalue weighted by Gasteiger charge is -2.33. The number of thiazole rings is 1. The van der Waals surface area contributed by atoms with Gasteiger partial charge in [-0.2, -0.15) is 0 Å². The van der Waals surface area contributed by atoms with Gasteiger partial charge in [0, 0.05) is 41.4 Å². The lowest BCUT2D eigenvalue weighted by Crippen LogP contribution is -2.47. The number of nitrogens with one attached hydrogen (secondary N) is 2. The molecule has 0 bridgehead atoms. The van der Waals surface area contributed by atoms with Gasteiger partial charge in [-0.25, -0.2) is 9.78 Å². The lowest BCUT2D eigenvalue weighted by molar-refractivity contribution is 0.0553. The van der Waals surface area contributed by atoms with E-state index in [0.29, 0.717) is 12.0 Å². The van der Waals surface area contributed by atoms with Crippen LogP contribution in [0.25, 0.3) is 10.6 Å². The smallest absolute Gasteiger partial charge is 0.319 e. The van der Waals surface area contributed by atoms with Gasteiger partial charge in [0.2, 0.25) is 0 Å². The fraction of sp³-hybridized carbons (Fsp3) is 0.444. The zero-order valence-electron chi connectivity index (χ0n) is 13.4. The van der Waals surface area contributed by atoms with E-state index in [0.717, 1.165) is 48.5 Å². The summed E-state index contributed by atoms with van der Waals surface area (Å²) in [7, 11) is 0. The Morgan fingerprint density at radius 3 is 3.12 bits per heavy atom. The van der Waals surface area contributed by atoms with Crippen molar-refractivity contribution in [3.63, 3.8) is 0 Å². The van der Waals surface area contributed by atoms with Crippen LogP contribution >= 0.6 is 11.3 Å². The molecule has 0 spiro atoms. The predicted molar refractivity (Wildman–Crippen MR) is 95.2 cm³/mol. The number of urea groups is 1. The van der Waals surface area contributed by atoms with Crippen molar-refractivity contribution in [1.29, 1.82) is 0 Å². The van der Waals surface area contributed by atoms with Gasteiger partial charge in [-0.05, 0) is 37.8 Å².